The fourth-order valence-corrected chi connectivity index (χ4v) is 3.04. The van der Waals surface area contributed by atoms with Gasteiger partial charge in [0.2, 0.25) is 0 Å². The minimum absolute atomic E-state index is 0.191. The molecule has 2 amide bonds. The highest BCUT2D eigenvalue weighted by Gasteiger charge is 2.14. The highest BCUT2D eigenvalue weighted by atomic mass is 79.9. The molecule has 0 bridgehead atoms. The molecule has 0 unspecified atom stereocenters. The average molecular weight is 528 g/mol. The second kappa shape index (κ2) is 11.7. The number of benzene rings is 3. The van der Waals surface area contributed by atoms with Gasteiger partial charge in [-0.3, -0.25) is 9.59 Å². The van der Waals surface area contributed by atoms with Crippen molar-refractivity contribution in [3.63, 3.8) is 0 Å². The van der Waals surface area contributed by atoms with E-state index < -0.39 is 23.6 Å². The van der Waals surface area contributed by atoms with Crippen LogP contribution in [0.2, 0.25) is 0 Å². The molecule has 10 heteroatoms. The molecule has 0 spiro atoms. The van der Waals surface area contributed by atoms with Crippen molar-refractivity contribution in [2.45, 2.75) is 6.92 Å². The predicted octanol–water partition coefficient (Wildman–Crippen LogP) is 4.29. The first-order chi connectivity index (χ1) is 16.4. The first-order valence-corrected chi connectivity index (χ1v) is 10.8. The van der Waals surface area contributed by atoms with Gasteiger partial charge in [0.25, 0.3) is 0 Å². The molecule has 0 saturated heterocycles. The van der Waals surface area contributed by atoms with Crippen LogP contribution in [0.1, 0.15) is 22.8 Å². The predicted molar refractivity (Wildman–Crippen MR) is 127 cm³/mol. The third kappa shape index (κ3) is 6.97. The van der Waals surface area contributed by atoms with Crippen LogP contribution >= 0.6 is 15.9 Å². The number of carbonyl (C=O) groups excluding carboxylic acids is 3. The number of hydrazone groups is 1. The zero-order valence-corrected chi connectivity index (χ0v) is 19.5. The van der Waals surface area contributed by atoms with E-state index >= 15 is 0 Å². The lowest BCUT2D eigenvalue weighted by molar-refractivity contribution is -0.136. The largest absolute Gasteiger partial charge is 0.494 e. The normalized spacial score (nSPS) is 10.6. The summed E-state index contributed by atoms with van der Waals surface area (Å²) in [7, 11) is 0. The van der Waals surface area contributed by atoms with Crippen molar-refractivity contribution in [3.8, 4) is 11.5 Å². The maximum Gasteiger partial charge on any atom is 0.343 e. The average Bonchev–Trinajstić information content (AvgIpc) is 2.82. The summed E-state index contributed by atoms with van der Waals surface area (Å²) in [6.45, 7) is 2.37. The first kappa shape index (κ1) is 24.6. The number of esters is 1. The van der Waals surface area contributed by atoms with Crippen molar-refractivity contribution >= 4 is 45.6 Å². The second-order valence-corrected chi connectivity index (χ2v) is 7.60. The third-order valence-electron chi connectivity index (χ3n) is 4.25. The summed E-state index contributed by atoms with van der Waals surface area (Å²) in [5.74, 6) is -2.27. The highest BCUT2D eigenvalue weighted by molar-refractivity contribution is 9.10. The molecule has 0 radical (unpaired) electrons. The fourth-order valence-electron chi connectivity index (χ4n) is 2.66. The Bertz CT molecular complexity index is 1210. The molecule has 3 rings (SSSR count). The van der Waals surface area contributed by atoms with Crippen molar-refractivity contribution in [3.05, 3.63) is 88.1 Å². The lowest BCUT2D eigenvalue weighted by Gasteiger charge is -2.09. The number of ether oxygens (including phenoxy) is 2. The lowest BCUT2D eigenvalue weighted by Crippen LogP contribution is -2.32. The van der Waals surface area contributed by atoms with Crippen LogP contribution < -0.4 is 20.2 Å². The molecule has 3 aromatic rings. The number of nitrogens with zero attached hydrogens (tertiary/aromatic N) is 1. The molecule has 0 saturated carbocycles. The molecular formula is C24H19BrFN3O5. The van der Waals surface area contributed by atoms with E-state index in [1.165, 1.54) is 18.3 Å². The van der Waals surface area contributed by atoms with Crippen molar-refractivity contribution in [1.29, 1.82) is 0 Å². The molecule has 174 valence electrons. The van der Waals surface area contributed by atoms with E-state index in [0.29, 0.717) is 28.0 Å². The molecule has 34 heavy (non-hydrogen) atoms. The Morgan fingerprint density at radius 2 is 1.71 bits per heavy atom. The van der Waals surface area contributed by atoms with Gasteiger partial charge in [-0.15, -0.1) is 0 Å². The van der Waals surface area contributed by atoms with Crippen LogP contribution in [0.15, 0.2) is 76.3 Å². The number of carbonyl (C=O) groups is 3. The summed E-state index contributed by atoms with van der Waals surface area (Å²) in [6, 6.07) is 16.3. The zero-order valence-electron chi connectivity index (χ0n) is 17.9. The summed E-state index contributed by atoms with van der Waals surface area (Å²) in [5.41, 5.74) is 3.03. The van der Waals surface area contributed by atoms with E-state index in [1.807, 2.05) is 6.92 Å². The Kier molecular flexibility index (Phi) is 8.47. The topological polar surface area (TPSA) is 106 Å². The monoisotopic (exact) mass is 527 g/mol. The quantitative estimate of drug-likeness (QED) is 0.157. The SMILES string of the molecule is CCOc1ccc(C(=O)Oc2ccc(Br)cc2/C=N/NC(=O)C(=O)Nc2ccc(F)cc2)cc1. The van der Waals surface area contributed by atoms with E-state index in [0.717, 1.165) is 12.1 Å². The van der Waals surface area contributed by atoms with Crippen LogP contribution in [-0.2, 0) is 9.59 Å². The van der Waals surface area contributed by atoms with Crippen LogP contribution in [0.3, 0.4) is 0 Å². The summed E-state index contributed by atoms with van der Waals surface area (Å²) in [6.07, 6.45) is 1.23. The Balaban J connectivity index is 1.64. The van der Waals surface area contributed by atoms with Crippen molar-refractivity contribution in [2.75, 3.05) is 11.9 Å². The molecule has 0 aliphatic rings. The number of anilines is 1. The Hall–Kier alpha value is -4.05. The van der Waals surface area contributed by atoms with Crippen LogP contribution in [-0.4, -0.2) is 30.6 Å². The van der Waals surface area contributed by atoms with Gasteiger partial charge >= 0.3 is 17.8 Å². The summed E-state index contributed by atoms with van der Waals surface area (Å²) in [4.78, 5) is 36.4. The van der Waals surface area contributed by atoms with Gasteiger partial charge in [-0.25, -0.2) is 14.6 Å². The maximum atomic E-state index is 12.9. The minimum Gasteiger partial charge on any atom is -0.494 e. The van der Waals surface area contributed by atoms with Gasteiger partial charge in [0.15, 0.2) is 0 Å². The molecule has 0 atom stereocenters. The number of hydrogen-bond acceptors (Lipinski definition) is 6. The summed E-state index contributed by atoms with van der Waals surface area (Å²) in [5, 5.41) is 6.08. The summed E-state index contributed by atoms with van der Waals surface area (Å²) >= 11 is 3.32. The van der Waals surface area contributed by atoms with Gasteiger partial charge in [-0.2, -0.15) is 5.10 Å². The Labute approximate surface area is 202 Å². The van der Waals surface area contributed by atoms with E-state index in [2.05, 4.69) is 31.8 Å². The van der Waals surface area contributed by atoms with Crippen LogP contribution in [0.25, 0.3) is 0 Å². The smallest absolute Gasteiger partial charge is 0.343 e. The molecule has 8 nitrogen and oxygen atoms in total. The molecule has 0 aromatic heterocycles. The molecule has 0 aliphatic carbocycles. The molecule has 0 heterocycles. The van der Waals surface area contributed by atoms with Crippen LogP contribution in [0.5, 0.6) is 11.5 Å². The number of hydrogen-bond donors (Lipinski definition) is 2. The highest BCUT2D eigenvalue weighted by Crippen LogP contribution is 2.23. The number of amides is 2. The molecular weight excluding hydrogens is 509 g/mol. The maximum absolute atomic E-state index is 12.9. The molecule has 2 N–H and O–H groups in total. The Morgan fingerprint density at radius 1 is 1.00 bits per heavy atom. The molecule has 3 aromatic carbocycles. The standard InChI is InChI=1S/C24H19BrFN3O5/c1-2-33-20-10-3-15(4-11-20)24(32)34-21-12-5-17(25)13-16(21)14-27-29-23(31)22(30)28-19-8-6-18(26)7-9-19/h3-14H,2H2,1H3,(H,28,30)(H,29,31)/b27-14+. The number of halogens is 2. The number of rotatable bonds is 7. The van der Waals surface area contributed by atoms with Crippen LogP contribution in [0, 0.1) is 5.82 Å². The lowest BCUT2D eigenvalue weighted by atomic mass is 10.2. The van der Waals surface area contributed by atoms with Crippen molar-refractivity contribution < 1.29 is 28.2 Å². The van der Waals surface area contributed by atoms with Gasteiger partial charge in [-0.05, 0) is 73.7 Å². The first-order valence-electron chi connectivity index (χ1n) is 10.00. The van der Waals surface area contributed by atoms with Crippen molar-refractivity contribution in [2.24, 2.45) is 5.10 Å². The van der Waals surface area contributed by atoms with Gasteiger partial charge in [0.1, 0.15) is 17.3 Å². The second-order valence-electron chi connectivity index (χ2n) is 6.69. The van der Waals surface area contributed by atoms with Crippen molar-refractivity contribution in [1.82, 2.24) is 5.43 Å². The van der Waals surface area contributed by atoms with Crippen LogP contribution in [0.4, 0.5) is 10.1 Å². The van der Waals surface area contributed by atoms with Gasteiger partial charge in [0.05, 0.1) is 18.4 Å². The van der Waals surface area contributed by atoms with Gasteiger partial charge in [-0.1, -0.05) is 15.9 Å². The number of nitrogens with one attached hydrogen (secondary N) is 2. The van der Waals surface area contributed by atoms with E-state index in [4.69, 9.17) is 9.47 Å². The minimum atomic E-state index is -1.04. The van der Waals surface area contributed by atoms with Gasteiger partial charge < -0.3 is 14.8 Å². The fraction of sp³-hybridized carbons (Fsp3) is 0.0833. The molecule has 0 aliphatic heterocycles. The molecule has 0 fully saturated rings. The van der Waals surface area contributed by atoms with E-state index in [1.54, 1.807) is 42.5 Å². The Morgan fingerprint density at radius 3 is 2.38 bits per heavy atom. The third-order valence-corrected chi connectivity index (χ3v) is 4.75. The summed E-state index contributed by atoms with van der Waals surface area (Å²) < 4.78 is 24.4. The van der Waals surface area contributed by atoms with E-state index in [-0.39, 0.29) is 11.4 Å². The van der Waals surface area contributed by atoms with Gasteiger partial charge in [0, 0.05) is 15.7 Å². The van der Waals surface area contributed by atoms with E-state index in [9.17, 15) is 18.8 Å². The zero-order chi connectivity index (χ0) is 24.5.